The third-order valence-corrected chi connectivity index (χ3v) is 6.36. The van der Waals surface area contributed by atoms with Gasteiger partial charge in [0, 0.05) is 17.4 Å². The Bertz CT molecular complexity index is 927. The van der Waals surface area contributed by atoms with Crippen LogP contribution in [-0.4, -0.2) is 30.0 Å². The van der Waals surface area contributed by atoms with Crippen LogP contribution in [0.5, 0.6) is 5.75 Å². The van der Waals surface area contributed by atoms with Crippen molar-refractivity contribution in [1.82, 2.24) is 0 Å². The van der Waals surface area contributed by atoms with Gasteiger partial charge in [0.1, 0.15) is 17.6 Å². The van der Waals surface area contributed by atoms with Crippen LogP contribution in [0.4, 0.5) is 4.39 Å². The van der Waals surface area contributed by atoms with Gasteiger partial charge in [0.15, 0.2) is 0 Å². The number of nitrogens with two attached hydrogens (primary N) is 1. The largest absolute Gasteiger partial charge is 0.497 e. The molecule has 0 saturated heterocycles. The van der Waals surface area contributed by atoms with E-state index in [1.807, 2.05) is 60.7 Å². The molecule has 150 valence electrons. The molecule has 0 amide bonds. The van der Waals surface area contributed by atoms with Crippen LogP contribution in [0.25, 0.3) is 0 Å². The van der Waals surface area contributed by atoms with Gasteiger partial charge in [-0.1, -0.05) is 66.7 Å². The third-order valence-electron chi connectivity index (χ3n) is 4.71. The van der Waals surface area contributed by atoms with E-state index in [0.717, 1.165) is 11.1 Å². The van der Waals surface area contributed by atoms with Gasteiger partial charge >= 0.3 is 5.97 Å². The number of halogens is 1. The second kappa shape index (κ2) is 9.11. The van der Waals surface area contributed by atoms with Crippen molar-refractivity contribution in [3.05, 3.63) is 101 Å². The molecule has 0 unspecified atom stereocenters. The fraction of sp³-hybridized carbons (Fsp3) is 0.174. The molecule has 0 heterocycles. The zero-order valence-electron chi connectivity index (χ0n) is 15.9. The average molecular weight is 411 g/mol. The minimum Gasteiger partial charge on any atom is -0.497 e. The number of benzene rings is 3. The van der Waals surface area contributed by atoms with E-state index in [1.165, 1.54) is 24.9 Å². The molecule has 0 radical (unpaired) electrons. The van der Waals surface area contributed by atoms with Crippen LogP contribution in [0, 0.1) is 5.82 Å². The molecule has 0 saturated carbocycles. The predicted molar refractivity (Wildman–Crippen MR) is 114 cm³/mol. The highest BCUT2D eigenvalue weighted by Gasteiger charge is 2.40. The Labute approximate surface area is 173 Å². The van der Waals surface area contributed by atoms with Crippen molar-refractivity contribution in [3.8, 4) is 5.75 Å². The number of rotatable bonds is 8. The first kappa shape index (κ1) is 20.9. The van der Waals surface area contributed by atoms with Gasteiger partial charge < -0.3 is 15.6 Å². The standard InChI is InChI=1S/C23H22FNO3S/c1-28-18-12-13-19(20(24)14-18)23(16-8-4-2-5-9-16,17-10-6-3-7-11-17)29-15-21(25)22(26)27/h2-14,21H,15,25H2,1H3,(H,26,27)/t21-/m0/s1. The number of carboxylic acids is 1. The molecule has 0 aliphatic carbocycles. The van der Waals surface area contributed by atoms with E-state index >= 15 is 4.39 Å². The number of hydrogen-bond acceptors (Lipinski definition) is 4. The number of hydrogen-bond donors (Lipinski definition) is 2. The van der Waals surface area contributed by atoms with E-state index in [2.05, 4.69) is 0 Å². The van der Waals surface area contributed by atoms with E-state index in [9.17, 15) is 9.90 Å². The van der Waals surface area contributed by atoms with Crippen LogP contribution in [0.1, 0.15) is 16.7 Å². The molecule has 3 aromatic rings. The molecule has 0 aliphatic rings. The Kier molecular flexibility index (Phi) is 6.56. The van der Waals surface area contributed by atoms with E-state index in [-0.39, 0.29) is 5.75 Å². The number of methoxy groups -OCH3 is 1. The molecule has 0 aromatic heterocycles. The zero-order chi connectivity index (χ0) is 20.9. The molecule has 3 N–H and O–H groups in total. The van der Waals surface area contributed by atoms with Crippen LogP contribution in [-0.2, 0) is 9.54 Å². The quantitative estimate of drug-likeness (QED) is 0.542. The minimum absolute atomic E-state index is 0.102. The van der Waals surface area contributed by atoms with Crippen molar-refractivity contribution in [2.24, 2.45) is 5.73 Å². The smallest absolute Gasteiger partial charge is 0.321 e. The van der Waals surface area contributed by atoms with Gasteiger partial charge in [-0.3, -0.25) is 4.79 Å². The SMILES string of the molecule is COc1ccc(C(SC[C@H](N)C(=O)O)(c2ccccc2)c2ccccc2)c(F)c1. The maximum atomic E-state index is 15.3. The van der Waals surface area contributed by atoms with Crippen LogP contribution in [0.15, 0.2) is 78.9 Å². The van der Waals surface area contributed by atoms with Crippen LogP contribution >= 0.6 is 11.8 Å². The summed E-state index contributed by atoms with van der Waals surface area (Å²) < 4.78 is 19.5. The van der Waals surface area contributed by atoms with Crippen molar-refractivity contribution < 1.29 is 19.0 Å². The Morgan fingerprint density at radius 2 is 1.62 bits per heavy atom. The molecular weight excluding hydrogens is 389 g/mol. The van der Waals surface area contributed by atoms with Crippen molar-refractivity contribution in [3.63, 3.8) is 0 Å². The normalized spacial score (nSPS) is 12.4. The van der Waals surface area contributed by atoms with Crippen molar-refractivity contribution in [1.29, 1.82) is 0 Å². The van der Waals surface area contributed by atoms with Crippen molar-refractivity contribution in [2.45, 2.75) is 10.8 Å². The van der Waals surface area contributed by atoms with Crippen LogP contribution in [0.2, 0.25) is 0 Å². The molecule has 29 heavy (non-hydrogen) atoms. The number of thioether (sulfide) groups is 1. The zero-order valence-corrected chi connectivity index (χ0v) is 16.7. The molecule has 6 heteroatoms. The first-order chi connectivity index (χ1) is 14.0. The van der Waals surface area contributed by atoms with Gasteiger partial charge in [0.25, 0.3) is 0 Å². The summed E-state index contributed by atoms with van der Waals surface area (Å²) in [6.45, 7) is 0. The molecule has 3 rings (SSSR count). The van der Waals surface area contributed by atoms with Gasteiger partial charge in [0.05, 0.1) is 11.9 Å². The third kappa shape index (κ3) is 4.28. The molecule has 0 bridgehead atoms. The first-order valence-electron chi connectivity index (χ1n) is 9.06. The summed E-state index contributed by atoms with van der Waals surface area (Å²) in [6.07, 6.45) is 0. The molecule has 3 aromatic carbocycles. The molecule has 4 nitrogen and oxygen atoms in total. The fourth-order valence-corrected chi connectivity index (χ4v) is 4.76. The van der Waals surface area contributed by atoms with Gasteiger partial charge in [-0.2, -0.15) is 0 Å². The fourth-order valence-electron chi connectivity index (χ4n) is 3.26. The lowest BCUT2D eigenvalue weighted by molar-refractivity contribution is -0.137. The van der Waals surface area contributed by atoms with Crippen molar-refractivity contribution in [2.75, 3.05) is 12.9 Å². The lowest BCUT2D eigenvalue weighted by Crippen LogP contribution is -2.36. The highest BCUT2D eigenvalue weighted by molar-refractivity contribution is 8.00. The summed E-state index contributed by atoms with van der Waals surface area (Å²) in [4.78, 5) is 11.3. The predicted octanol–water partition coefficient (Wildman–Crippen LogP) is 4.27. The monoisotopic (exact) mass is 411 g/mol. The second-order valence-electron chi connectivity index (χ2n) is 6.51. The maximum absolute atomic E-state index is 15.3. The summed E-state index contributed by atoms with van der Waals surface area (Å²) in [5.41, 5.74) is 7.89. The lowest BCUT2D eigenvalue weighted by atomic mass is 9.83. The lowest BCUT2D eigenvalue weighted by Gasteiger charge is -2.36. The Morgan fingerprint density at radius 1 is 1.07 bits per heavy atom. The molecule has 0 aliphatic heterocycles. The summed E-state index contributed by atoms with van der Waals surface area (Å²) in [5, 5.41) is 9.28. The molecule has 0 spiro atoms. The summed E-state index contributed by atoms with van der Waals surface area (Å²) in [7, 11) is 1.48. The molecular formula is C23H22FNO3S. The second-order valence-corrected chi connectivity index (χ2v) is 7.75. The van der Waals surface area contributed by atoms with E-state index in [1.54, 1.807) is 12.1 Å². The average Bonchev–Trinajstić information content (AvgIpc) is 2.76. The highest BCUT2D eigenvalue weighted by atomic mass is 32.2. The minimum atomic E-state index is -1.09. The Morgan fingerprint density at radius 3 is 2.07 bits per heavy atom. The molecule has 0 fully saturated rings. The van der Waals surface area contributed by atoms with Crippen molar-refractivity contribution >= 4 is 17.7 Å². The van der Waals surface area contributed by atoms with E-state index in [0.29, 0.717) is 11.3 Å². The first-order valence-corrected chi connectivity index (χ1v) is 10.0. The topological polar surface area (TPSA) is 72.5 Å². The van der Waals surface area contributed by atoms with E-state index < -0.39 is 22.6 Å². The number of carbonyl (C=O) groups is 1. The highest BCUT2D eigenvalue weighted by Crippen LogP contribution is 2.49. The van der Waals surface area contributed by atoms with Gasteiger partial charge in [-0.25, -0.2) is 4.39 Å². The van der Waals surface area contributed by atoms with Crippen LogP contribution < -0.4 is 10.5 Å². The van der Waals surface area contributed by atoms with Crippen LogP contribution in [0.3, 0.4) is 0 Å². The summed E-state index contributed by atoms with van der Waals surface area (Å²) in [5.74, 6) is -1.02. The number of carboxylic acid groups (broad SMARTS) is 1. The number of aliphatic carboxylic acids is 1. The maximum Gasteiger partial charge on any atom is 0.321 e. The molecule has 1 atom stereocenters. The Hall–Kier alpha value is -2.83. The number of ether oxygens (including phenoxy) is 1. The summed E-state index contributed by atoms with van der Waals surface area (Å²) in [6, 6.07) is 22.6. The van der Waals surface area contributed by atoms with Gasteiger partial charge in [-0.05, 0) is 17.2 Å². The van der Waals surface area contributed by atoms with E-state index in [4.69, 9.17) is 10.5 Å². The van der Waals surface area contributed by atoms with Gasteiger partial charge in [-0.15, -0.1) is 11.8 Å². The Balaban J connectivity index is 2.26. The summed E-state index contributed by atoms with van der Waals surface area (Å²) >= 11 is 1.31. The van der Waals surface area contributed by atoms with Gasteiger partial charge in [0.2, 0.25) is 0 Å².